The van der Waals surface area contributed by atoms with E-state index in [0.29, 0.717) is 6.42 Å². The monoisotopic (exact) mass is 317 g/mol. The maximum absolute atomic E-state index is 10.3. The minimum Gasteiger partial charge on any atom is -0.481 e. The molecule has 134 valence electrons. The Bertz CT molecular complexity index is 224. The molecule has 0 aromatic rings. The van der Waals surface area contributed by atoms with E-state index in [9.17, 15) is 4.79 Å². The fourth-order valence-electron chi connectivity index (χ4n) is 1.94. The second-order valence-corrected chi connectivity index (χ2v) is 6.27. The third kappa shape index (κ3) is 24.4. The van der Waals surface area contributed by atoms with Gasteiger partial charge < -0.3 is 10.2 Å². The molecule has 0 rings (SSSR count). The van der Waals surface area contributed by atoms with Crippen LogP contribution < -0.4 is 0 Å². The Morgan fingerprint density at radius 1 is 0.864 bits per heavy atom. The summed E-state index contributed by atoms with van der Waals surface area (Å²) in [5, 5.41) is 17.0. The van der Waals surface area contributed by atoms with Gasteiger partial charge in [-0.1, -0.05) is 71.1 Å². The van der Waals surface area contributed by atoms with E-state index in [4.69, 9.17) is 10.2 Å². The molecular weight excluding hydrogens is 278 g/mol. The third-order valence-electron chi connectivity index (χ3n) is 3.74. The number of aliphatic hydroxyl groups is 1. The molecule has 0 aliphatic heterocycles. The van der Waals surface area contributed by atoms with Crippen molar-refractivity contribution in [3.8, 4) is 0 Å². The lowest BCUT2D eigenvalue weighted by molar-refractivity contribution is -0.137. The van der Waals surface area contributed by atoms with Gasteiger partial charge in [-0.2, -0.15) is 0 Å². The molecule has 22 heavy (non-hydrogen) atoms. The number of carboxylic acids is 1. The number of hydrogen-bond donors (Lipinski definition) is 2. The van der Waals surface area contributed by atoms with Gasteiger partial charge in [-0.25, -0.2) is 0 Å². The number of unbranched alkanes of at least 4 members (excludes halogenated alkanes) is 10. The van der Waals surface area contributed by atoms with Crippen molar-refractivity contribution in [1.82, 2.24) is 4.90 Å². The summed E-state index contributed by atoms with van der Waals surface area (Å²) in [4.78, 5) is 12.0. The molecule has 0 radical (unpaired) electrons. The molecule has 0 aliphatic rings. The minimum absolute atomic E-state index is 0.315. The quantitative estimate of drug-likeness (QED) is 0.383. The van der Waals surface area contributed by atoms with Crippen LogP contribution in [-0.4, -0.2) is 41.4 Å². The number of aliphatic carboxylic acids is 1. The molecular formula is C18H39NO3. The van der Waals surface area contributed by atoms with Gasteiger partial charge in [-0.3, -0.25) is 9.69 Å². The van der Waals surface area contributed by atoms with Gasteiger partial charge in [0.25, 0.3) is 0 Å². The van der Waals surface area contributed by atoms with Crippen molar-refractivity contribution in [2.45, 2.75) is 97.1 Å². The largest absolute Gasteiger partial charge is 0.481 e. The van der Waals surface area contributed by atoms with Crippen LogP contribution in [0.15, 0.2) is 0 Å². The molecule has 0 aromatic heterocycles. The first-order valence-corrected chi connectivity index (χ1v) is 8.98. The molecule has 0 amide bonds. The third-order valence-corrected chi connectivity index (χ3v) is 3.74. The molecule has 0 saturated heterocycles. The number of hydrogen-bond acceptors (Lipinski definition) is 3. The van der Waals surface area contributed by atoms with E-state index in [1.54, 1.807) is 11.8 Å². The average Bonchev–Trinajstić information content (AvgIpc) is 2.45. The lowest BCUT2D eigenvalue weighted by atomic mass is 10.1. The van der Waals surface area contributed by atoms with Crippen molar-refractivity contribution >= 4 is 5.97 Å². The fraction of sp³-hybridized carbons (Fsp3) is 0.944. The normalized spacial score (nSPS) is 11.9. The van der Waals surface area contributed by atoms with Crippen LogP contribution >= 0.6 is 0 Å². The van der Waals surface area contributed by atoms with E-state index in [1.165, 1.54) is 57.8 Å². The molecule has 0 bridgehead atoms. The van der Waals surface area contributed by atoms with E-state index in [2.05, 4.69) is 6.92 Å². The van der Waals surface area contributed by atoms with Crippen molar-refractivity contribution < 1.29 is 15.0 Å². The summed E-state index contributed by atoms with van der Waals surface area (Å²) < 4.78 is 0. The fourth-order valence-corrected chi connectivity index (χ4v) is 1.94. The zero-order valence-electron chi connectivity index (χ0n) is 15.3. The molecule has 4 heteroatoms. The van der Waals surface area contributed by atoms with E-state index in [-0.39, 0.29) is 6.23 Å². The Morgan fingerprint density at radius 2 is 1.18 bits per heavy atom. The lowest BCUT2D eigenvalue weighted by Crippen LogP contribution is -2.23. The SMILES string of the molecule is CC(O)N(C)C.CCCCCCCCCCCCCC(=O)O. The van der Waals surface area contributed by atoms with Gasteiger partial charge in [0.2, 0.25) is 0 Å². The van der Waals surface area contributed by atoms with Gasteiger partial charge >= 0.3 is 5.97 Å². The van der Waals surface area contributed by atoms with Crippen LogP contribution in [-0.2, 0) is 4.79 Å². The summed E-state index contributed by atoms with van der Waals surface area (Å²) >= 11 is 0. The molecule has 0 heterocycles. The predicted molar refractivity (Wildman–Crippen MR) is 94.1 cm³/mol. The van der Waals surface area contributed by atoms with Crippen LogP contribution in [0.3, 0.4) is 0 Å². The molecule has 0 spiro atoms. The number of nitrogens with zero attached hydrogens (tertiary/aromatic N) is 1. The number of carboxylic acid groups (broad SMARTS) is 1. The Labute approximate surface area is 137 Å². The Kier molecular flexibility index (Phi) is 19.8. The Morgan fingerprint density at radius 3 is 1.45 bits per heavy atom. The van der Waals surface area contributed by atoms with Crippen LogP contribution in [0.1, 0.15) is 90.9 Å². The van der Waals surface area contributed by atoms with E-state index in [1.807, 2.05) is 14.1 Å². The van der Waals surface area contributed by atoms with Gasteiger partial charge in [0.05, 0.1) is 0 Å². The lowest BCUT2D eigenvalue weighted by Gasteiger charge is -2.11. The number of carbonyl (C=O) groups is 1. The van der Waals surface area contributed by atoms with E-state index >= 15 is 0 Å². The maximum Gasteiger partial charge on any atom is 0.303 e. The molecule has 1 unspecified atom stereocenters. The minimum atomic E-state index is -0.657. The standard InChI is InChI=1S/C14H28O2.C4H11NO/c1-2-3-4-5-6-7-8-9-10-11-12-13-14(15)16;1-4(6)5(2)3/h2-13H2,1H3,(H,15,16);4,6H,1-3H3. The van der Waals surface area contributed by atoms with Crippen LogP contribution in [0.25, 0.3) is 0 Å². The molecule has 4 nitrogen and oxygen atoms in total. The van der Waals surface area contributed by atoms with E-state index < -0.39 is 5.97 Å². The Hall–Kier alpha value is -0.610. The molecule has 2 N–H and O–H groups in total. The van der Waals surface area contributed by atoms with Crippen LogP contribution in [0, 0.1) is 0 Å². The highest BCUT2D eigenvalue weighted by atomic mass is 16.4. The summed E-state index contributed by atoms with van der Waals surface area (Å²) in [6.07, 6.45) is 14.0. The second kappa shape index (κ2) is 18.4. The summed E-state index contributed by atoms with van der Waals surface area (Å²) in [6.45, 7) is 3.97. The highest BCUT2D eigenvalue weighted by molar-refractivity contribution is 5.66. The summed E-state index contributed by atoms with van der Waals surface area (Å²) in [7, 11) is 3.65. The highest BCUT2D eigenvalue weighted by Gasteiger charge is 1.96. The number of aliphatic hydroxyl groups excluding tert-OH is 1. The maximum atomic E-state index is 10.3. The first kappa shape index (κ1) is 23.7. The van der Waals surface area contributed by atoms with Gasteiger partial charge in [0, 0.05) is 6.42 Å². The highest BCUT2D eigenvalue weighted by Crippen LogP contribution is 2.11. The van der Waals surface area contributed by atoms with Crippen LogP contribution in [0.2, 0.25) is 0 Å². The van der Waals surface area contributed by atoms with Crippen molar-refractivity contribution in [3.05, 3.63) is 0 Å². The van der Waals surface area contributed by atoms with Crippen molar-refractivity contribution in [3.63, 3.8) is 0 Å². The zero-order chi connectivity index (χ0) is 17.2. The van der Waals surface area contributed by atoms with Crippen molar-refractivity contribution in [2.75, 3.05) is 14.1 Å². The first-order valence-electron chi connectivity index (χ1n) is 8.98. The first-order chi connectivity index (χ1) is 10.4. The average molecular weight is 318 g/mol. The van der Waals surface area contributed by atoms with Gasteiger partial charge in [-0.05, 0) is 27.4 Å². The molecule has 0 fully saturated rings. The summed E-state index contributed by atoms with van der Waals surface area (Å²) in [5.74, 6) is -0.657. The summed E-state index contributed by atoms with van der Waals surface area (Å²) in [6, 6.07) is 0. The second-order valence-electron chi connectivity index (χ2n) is 6.27. The van der Waals surface area contributed by atoms with Gasteiger partial charge in [0.1, 0.15) is 6.23 Å². The molecule has 0 saturated carbocycles. The molecule has 1 atom stereocenters. The summed E-state index contributed by atoms with van der Waals surface area (Å²) in [5.41, 5.74) is 0. The molecule has 0 aliphatic carbocycles. The van der Waals surface area contributed by atoms with Crippen molar-refractivity contribution in [2.24, 2.45) is 0 Å². The zero-order valence-corrected chi connectivity index (χ0v) is 15.3. The van der Waals surface area contributed by atoms with Crippen LogP contribution in [0.4, 0.5) is 0 Å². The topological polar surface area (TPSA) is 60.8 Å². The molecule has 0 aromatic carbocycles. The Balaban J connectivity index is 0. The van der Waals surface area contributed by atoms with Gasteiger partial charge in [-0.15, -0.1) is 0 Å². The van der Waals surface area contributed by atoms with E-state index in [0.717, 1.165) is 12.8 Å². The van der Waals surface area contributed by atoms with Crippen LogP contribution in [0.5, 0.6) is 0 Å². The van der Waals surface area contributed by atoms with Crippen molar-refractivity contribution in [1.29, 1.82) is 0 Å². The van der Waals surface area contributed by atoms with Gasteiger partial charge in [0.15, 0.2) is 0 Å². The smallest absolute Gasteiger partial charge is 0.303 e. The number of rotatable bonds is 13. The predicted octanol–water partition coefficient (Wildman–Crippen LogP) is 4.66.